The second kappa shape index (κ2) is 7.07. The SMILES string of the molecule is CC(CN(C(=O)CCc1ccccc1Br)C1CC1)C(=O)O. The molecule has 1 aromatic carbocycles. The summed E-state index contributed by atoms with van der Waals surface area (Å²) in [5.74, 6) is -1.31. The highest BCUT2D eigenvalue weighted by Gasteiger charge is 2.34. The van der Waals surface area contributed by atoms with Crippen molar-refractivity contribution in [1.29, 1.82) is 0 Å². The Kier molecular flexibility index (Phi) is 5.39. The summed E-state index contributed by atoms with van der Waals surface area (Å²) in [5.41, 5.74) is 1.10. The van der Waals surface area contributed by atoms with E-state index in [-0.39, 0.29) is 11.9 Å². The molecule has 1 aliphatic carbocycles. The van der Waals surface area contributed by atoms with Crippen LogP contribution in [-0.4, -0.2) is 34.5 Å². The van der Waals surface area contributed by atoms with Crippen molar-refractivity contribution in [2.75, 3.05) is 6.54 Å². The van der Waals surface area contributed by atoms with Crippen molar-refractivity contribution in [3.63, 3.8) is 0 Å². The first-order chi connectivity index (χ1) is 9.99. The second-order valence-electron chi connectivity index (χ2n) is 5.61. The molecule has 0 bridgehead atoms. The fourth-order valence-corrected chi connectivity index (χ4v) is 2.78. The van der Waals surface area contributed by atoms with Crippen molar-refractivity contribution in [2.24, 2.45) is 5.92 Å². The second-order valence-corrected chi connectivity index (χ2v) is 6.46. The third-order valence-electron chi connectivity index (χ3n) is 3.77. The number of hydrogen-bond donors (Lipinski definition) is 1. The highest BCUT2D eigenvalue weighted by molar-refractivity contribution is 9.10. The van der Waals surface area contributed by atoms with Gasteiger partial charge in [-0.3, -0.25) is 9.59 Å². The predicted molar refractivity (Wildman–Crippen MR) is 84.0 cm³/mol. The third kappa shape index (κ3) is 4.56. The Balaban J connectivity index is 1.93. The van der Waals surface area contributed by atoms with Gasteiger partial charge in [-0.05, 0) is 30.9 Å². The fourth-order valence-electron chi connectivity index (χ4n) is 2.30. The van der Waals surface area contributed by atoms with E-state index in [1.807, 2.05) is 24.3 Å². The number of carboxylic acids is 1. The maximum Gasteiger partial charge on any atom is 0.308 e. The summed E-state index contributed by atoms with van der Waals surface area (Å²) >= 11 is 3.48. The molecule has 5 heteroatoms. The fraction of sp³-hybridized carbons (Fsp3) is 0.500. The van der Waals surface area contributed by atoms with Crippen molar-refractivity contribution in [1.82, 2.24) is 4.90 Å². The Morgan fingerprint density at radius 3 is 2.62 bits per heavy atom. The van der Waals surface area contributed by atoms with Crippen LogP contribution >= 0.6 is 15.9 Å². The van der Waals surface area contributed by atoms with Crippen LogP contribution in [0.25, 0.3) is 0 Å². The average Bonchev–Trinajstić information content (AvgIpc) is 3.27. The lowest BCUT2D eigenvalue weighted by Gasteiger charge is -2.24. The molecule has 1 aliphatic rings. The van der Waals surface area contributed by atoms with Crippen LogP contribution in [0, 0.1) is 5.92 Å². The van der Waals surface area contributed by atoms with E-state index in [4.69, 9.17) is 5.11 Å². The van der Waals surface area contributed by atoms with Gasteiger partial charge < -0.3 is 10.0 Å². The average molecular weight is 354 g/mol. The summed E-state index contributed by atoms with van der Waals surface area (Å²) in [6.45, 7) is 1.97. The van der Waals surface area contributed by atoms with Crippen LogP contribution in [0.2, 0.25) is 0 Å². The lowest BCUT2D eigenvalue weighted by Crippen LogP contribution is -2.38. The van der Waals surface area contributed by atoms with E-state index < -0.39 is 11.9 Å². The molecule has 1 atom stereocenters. The summed E-state index contributed by atoms with van der Waals surface area (Å²) in [4.78, 5) is 25.1. The minimum absolute atomic E-state index is 0.0568. The van der Waals surface area contributed by atoms with Crippen molar-refractivity contribution in [2.45, 2.75) is 38.6 Å². The van der Waals surface area contributed by atoms with Crippen molar-refractivity contribution in [3.05, 3.63) is 34.3 Å². The van der Waals surface area contributed by atoms with Crippen LogP contribution in [0.3, 0.4) is 0 Å². The topological polar surface area (TPSA) is 57.6 Å². The summed E-state index contributed by atoms with van der Waals surface area (Å²) in [7, 11) is 0. The van der Waals surface area contributed by atoms with Gasteiger partial charge in [0, 0.05) is 23.5 Å². The molecule has 1 saturated carbocycles. The lowest BCUT2D eigenvalue weighted by molar-refractivity contribution is -0.143. The van der Waals surface area contributed by atoms with Gasteiger partial charge in [0.05, 0.1) is 5.92 Å². The molecule has 0 radical (unpaired) electrons. The molecule has 0 aromatic heterocycles. The minimum atomic E-state index is -0.848. The molecule has 4 nitrogen and oxygen atoms in total. The van der Waals surface area contributed by atoms with Gasteiger partial charge in [0.15, 0.2) is 0 Å². The predicted octanol–water partition coefficient (Wildman–Crippen LogP) is 3.09. The normalized spacial score (nSPS) is 15.5. The van der Waals surface area contributed by atoms with Crippen LogP contribution in [0.15, 0.2) is 28.7 Å². The first kappa shape index (κ1) is 16.0. The van der Waals surface area contributed by atoms with Crippen LogP contribution in [-0.2, 0) is 16.0 Å². The van der Waals surface area contributed by atoms with Crippen molar-refractivity contribution in [3.8, 4) is 0 Å². The zero-order chi connectivity index (χ0) is 15.4. The molecule has 1 N–H and O–H groups in total. The van der Waals surface area contributed by atoms with Gasteiger partial charge in [0.1, 0.15) is 0 Å². The van der Waals surface area contributed by atoms with E-state index in [1.165, 1.54) is 0 Å². The summed E-state index contributed by atoms with van der Waals surface area (Å²) in [6.07, 6.45) is 3.08. The van der Waals surface area contributed by atoms with Gasteiger partial charge in [-0.15, -0.1) is 0 Å². The van der Waals surface area contributed by atoms with Crippen LogP contribution in [0.5, 0.6) is 0 Å². The van der Waals surface area contributed by atoms with Crippen molar-refractivity contribution >= 4 is 27.8 Å². The van der Waals surface area contributed by atoms with Crippen LogP contribution < -0.4 is 0 Å². The zero-order valence-electron chi connectivity index (χ0n) is 12.1. The molecule has 1 unspecified atom stereocenters. The molecule has 21 heavy (non-hydrogen) atoms. The number of aryl methyl sites for hydroxylation is 1. The molecular weight excluding hydrogens is 334 g/mol. The highest BCUT2D eigenvalue weighted by Crippen LogP contribution is 2.28. The van der Waals surface area contributed by atoms with Gasteiger partial charge >= 0.3 is 5.97 Å². The molecule has 1 fully saturated rings. The largest absolute Gasteiger partial charge is 0.481 e. The van der Waals surface area contributed by atoms with Crippen molar-refractivity contribution < 1.29 is 14.7 Å². The molecule has 0 saturated heterocycles. The number of carbonyl (C=O) groups is 2. The Morgan fingerprint density at radius 1 is 1.38 bits per heavy atom. The van der Waals surface area contributed by atoms with Gasteiger partial charge in [0.2, 0.25) is 5.91 Å². The van der Waals surface area contributed by atoms with E-state index in [0.717, 1.165) is 22.9 Å². The molecule has 0 heterocycles. The number of halogens is 1. The van der Waals surface area contributed by atoms with Crippen LogP contribution in [0.4, 0.5) is 0 Å². The maximum absolute atomic E-state index is 12.4. The monoisotopic (exact) mass is 353 g/mol. The maximum atomic E-state index is 12.4. The molecule has 1 amide bonds. The number of carboxylic acid groups (broad SMARTS) is 1. The number of carbonyl (C=O) groups excluding carboxylic acids is 1. The molecule has 114 valence electrons. The first-order valence-electron chi connectivity index (χ1n) is 7.24. The number of benzene rings is 1. The molecule has 1 aromatic rings. The molecule has 0 spiro atoms. The van der Waals surface area contributed by atoms with Gasteiger partial charge in [-0.2, -0.15) is 0 Å². The number of nitrogens with zero attached hydrogens (tertiary/aromatic N) is 1. The quantitative estimate of drug-likeness (QED) is 0.819. The Bertz CT molecular complexity index is 528. The van der Waals surface area contributed by atoms with Gasteiger partial charge in [-0.1, -0.05) is 41.1 Å². The summed E-state index contributed by atoms with van der Waals surface area (Å²) in [5, 5.41) is 9.01. The van der Waals surface area contributed by atoms with E-state index >= 15 is 0 Å². The summed E-state index contributed by atoms with van der Waals surface area (Å²) in [6, 6.07) is 8.11. The van der Waals surface area contributed by atoms with E-state index in [2.05, 4.69) is 15.9 Å². The summed E-state index contributed by atoms with van der Waals surface area (Å²) < 4.78 is 1.01. The Morgan fingerprint density at radius 2 is 2.05 bits per heavy atom. The zero-order valence-corrected chi connectivity index (χ0v) is 13.7. The van der Waals surface area contributed by atoms with E-state index in [9.17, 15) is 9.59 Å². The standard InChI is InChI=1S/C16H20BrNO3/c1-11(16(20)21)10-18(13-7-8-13)15(19)9-6-12-4-2-3-5-14(12)17/h2-5,11,13H,6-10H2,1H3,(H,20,21). The number of rotatable bonds is 7. The lowest BCUT2D eigenvalue weighted by atomic mass is 10.1. The highest BCUT2D eigenvalue weighted by atomic mass is 79.9. The van der Waals surface area contributed by atoms with Crippen LogP contribution in [0.1, 0.15) is 31.7 Å². The Labute approximate surface area is 133 Å². The van der Waals surface area contributed by atoms with Gasteiger partial charge in [0.25, 0.3) is 0 Å². The Hall–Kier alpha value is -1.36. The smallest absolute Gasteiger partial charge is 0.308 e. The van der Waals surface area contributed by atoms with E-state index in [0.29, 0.717) is 19.4 Å². The molecule has 2 rings (SSSR count). The minimum Gasteiger partial charge on any atom is -0.481 e. The van der Waals surface area contributed by atoms with Gasteiger partial charge in [-0.25, -0.2) is 0 Å². The molecular formula is C16H20BrNO3. The molecule has 0 aliphatic heterocycles. The third-order valence-corrected chi connectivity index (χ3v) is 4.54. The number of amides is 1. The number of aliphatic carboxylic acids is 1. The van der Waals surface area contributed by atoms with E-state index in [1.54, 1.807) is 11.8 Å². The first-order valence-corrected chi connectivity index (χ1v) is 8.04. The number of hydrogen-bond acceptors (Lipinski definition) is 2.